The Morgan fingerprint density at radius 2 is 2.00 bits per heavy atom. The van der Waals surface area contributed by atoms with Gasteiger partial charge in [0.25, 0.3) is 0 Å². The summed E-state index contributed by atoms with van der Waals surface area (Å²) in [5, 5.41) is 3.20. The number of benzene rings is 1. The van der Waals surface area contributed by atoms with Gasteiger partial charge in [-0.3, -0.25) is 4.98 Å². The molecular formula is C14H15FN2O. The summed E-state index contributed by atoms with van der Waals surface area (Å²) < 4.78 is 18.1. The first-order chi connectivity index (χ1) is 8.78. The monoisotopic (exact) mass is 246 g/mol. The predicted molar refractivity (Wildman–Crippen MR) is 69.1 cm³/mol. The minimum Gasteiger partial charge on any atom is -0.492 e. The van der Waals surface area contributed by atoms with Gasteiger partial charge in [-0.05, 0) is 42.8 Å². The van der Waals surface area contributed by atoms with Crippen LogP contribution in [0.15, 0.2) is 42.7 Å². The molecule has 0 bridgehead atoms. The van der Waals surface area contributed by atoms with Crippen LogP contribution in [0.4, 0.5) is 10.1 Å². The highest BCUT2D eigenvalue weighted by Gasteiger charge is 1.98. The Hall–Kier alpha value is -2.10. The van der Waals surface area contributed by atoms with Gasteiger partial charge in [-0.1, -0.05) is 0 Å². The lowest BCUT2D eigenvalue weighted by Gasteiger charge is -2.08. The van der Waals surface area contributed by atoms with Gasteiger partial charge < -0.3 is 10.1 Å². The molecule has 1 aromatic heterocycles. The van der Waals surface area contributed by atoms with Crippen molar-refractivity contribution in [3.63, 3.8) is 0 Å². The van der Waals surface area contributed by atoms with E-state index < -0.39 is 0 Å². The normalized spacial score (nSPS) is 10.1. The third-order valence-corrected chi connectivity index (χ3v) is 2.42. The highest BCUT2D eigenvalue weighted by atomic mass is 19.1. The summed E-state index contributed by atoms with van der Waals surface area (Å²) in [6.07, 6.45) is 3.46. The number of ether oxygens (including phenoxy) is 1. The first-order valence-corrected chi connectivity index (χ1v) is 5.84. The minimum atomic E-state index is -0.236. The molecule has 1 heterocycles. The highest BCUT2D eigenvalue weighted by molar-refractivity contribution is 5.43. The zero-order valence-corrected chi connectivity index (χ0v) is 10.2. The predicted octanol–water partition coefficient (Wildman–Crippen LogP) is 3.23. The van der Waals surface area contributed by atoms with Gasteiger partial charge in [0.2, 0.25) is 0 Å². The number of anilines is 1. The Labute approximate surface area is 106 Å². The maximum Gasteiger partial charge on any atom is 0.137 e. The first-order valence-electron chi connectivity index (χ1n) is 5.84. The number of nitrogens with zero attached hydrogens (tertiary/aromatic N) is 1. The quantitative estimate of drug-likeness (QED) is 0.879. The Morgan fingerprint density at radius 3 is 2.72 bits per heavy atom. The van der Waals surface area contributed by atoms with E-state index in [4.69, 9.17) is 4.74 Å². The van der Waals surface area contributed by atoms with Crippen molar-refractivity contribution in [2.45, 2.75) is 13.5 Å². The molecule has 2 aromatic rings. The second-order valence-corrected chi connectivity index (χ2v) is 3.82. The lowest BCUT2D eigenvalue weighted by Crippen LogP contribution is -2.01. The van der Waals surface area contributed by atoms with Crippen LogP contribution in [0.1, 0.15) is 12.5 Å². The highest BCUT2D eigenvalue weighted by Crippen LogP contribution is 2.14. The largest absolute Gasteiger partial charge is 0.492 e. The van der Waals surface area contributed by atoms with Crippen LogP contribution >= 0.6 is 0 Å². The third kappa shape index (κ3) is 3.45. The van der Waals surface area contributed by atoms with Crippen LogP contribution in [-0.4, -0.2) is 11.6 Å². The molecule has 94 valence electrons. The van der Waals surface area contributed by atoms with Crippen LogP contribution in [0.5, 0.6) is 5.75 Å². The summed E-state index contributed by atoms with van der Waals surface area (Å²) in [5.74, 6) is 0.525. The fraction of sp³-hybridized carbons (Fsp3) is 0.214. The molecule has 1 aromatic carbocycles. The van der Waals surface area contributed by atoms with E-state index in [-0.39, 0.29) is 5.82 Å². The molecule has 0 amide bonds. The van der Waals surface area contributed by atoms with E-state index >= 15 is 0 Å². The van der Waals surface area contributed by atoms with Gasteiger partial charge in [-0.15, -0.1) is 0 Å². The van der Waals surface area contributed by atoms with Crippen molar-refractivity contribution in [2.24, 2.45) is 0 Å². The number of nitrogens with one attached hydrogen (secondary N) is 1. The number of aromatic nitrogens is 1. The van der Waals surface area contributed by atoms with Gasteiger partial charge in [0.15, 0.2) is 0 Å². The maximum absolute atomic E-state index is 12.7. The second-order valence-electron chi connectivity index (χ2n) is 3.82. The molecule has 4 heteroatoms. The van der Waals surface area contributed by atoms with Crippen LogP contribution in [-0.2, 0) is 6.54 Å². The zero-order chi connectivity index (χ0) is 12.8. The van der Waals surface area contributed by atoms with Gasteiger partial charge in [-0.2, -0.15) is 0 Å². The molecule has 0 aliphatic rings. The van der Waals surface area contributed by atoms with Gasteiger partial charge in [0, 0.05) is 18.4 Å². The summed E-state index contributed by atoms with van der Waals surface area (Å²) in [4.78, 5) is 4.10. The Kier molecular flexibility index (Phi) is 4.12. The number of rotatable bonds is 5. The van der Waals surface area contributed by atoms with Crippen LogP contribution in [0.25, 0.3) is 0 Å². The van der Waals surface area contributed by atoms with Gasteiger partial charge in [0.05, 0.1) is 12.8 Å². The SMILES string of the molecule is CCOc1cncc(CNc2ccc(F)cc2)c1. The summed E-state index contributed by atoms with van der Waals surface area (Å²) in [6.45, 7) is 3.18. The van der Waals surface area contributed by atoms with Crippen LogP contribution in [0.3, 0.4) is 0 Å². The molecule has 0 aliphatic carbocycles. The fourth-order valence-electron chi connectivity index (χ4n) is 1.58. The molecule has 0 unspecified atom stereocenters. The Morgan fingerprint density at radius 1 is 1.22 bits per heavy atom. The Bertz CT molecular complexity index is 499. The molecule has 3 nitrogen and oxygen atoms in total. The average molecular weight is 246 g/mol. The molecule has 0 fully saturated rings. The standard InChI is InChI=1S/C14H15FN2O/c1-2-18-14-7-11(8-16-10-14)9-17-13-5-3-12(15)4-6-13/h3-8,10,17H,2,9H2,1H3. The fourth-order valence-corrected chi connectivity index (χ4v) is 1.58. The molecule has 0 saturated carbocycles. The van der Waals surface area contributed by atoms with E-state index in [1.165, 1.54) is 12.1 Å². The second kappa shape index (κ2) is 6.00. The molecule has 0 spiro atoms. The van der Waals surface area contributed by atoms with E-state index in [1.807, 2.05) is 13.0 Å². The topological polar surface area (TPSA) is 34.1 Å². The van der Waals surface area contributed by atoms with E-state index in [9.17, 15) is 4.39 Å². The van der Waals surface area contributed by atoms with E-state index in [0.717, 1.165) is 17.0 Å². The molecule has 18 heavy (non-hydrogen) atoms. The van der Waals surface area contributed by atoms with Crippen molar-refractivity contribution in [3.05, 3.63) is 54.1 Å². The van der Waals surface area contributed by atoms with Gasteiger partial charge in [0.1, 0.15) is 11.6 Å². The third-order valence-electron chi connectivity index (χ3n) is 2.42. The van der Waals surface area contributed by atoms with Crippen molar-refractivity contribution in [1.82, 2.24) is 4.98 Å². The van der Waals surface area contributed by atoms with Crippen molar-refractivity contribution < 1.29 is 9.13 Å². The smallest absolute Gasteiger partial charge is 0.137 e. The molecule has 1 N–H and O–H groups in total. The number of pyridine rings is 1. The van der Waals surface area contributed by atoms with Gasteiger partial charge in [-0.25, -0.2) is 4.39 Å². The molecule has 0 aliphatic heterocycles. The van der Waals surface area contributed by atoms with E-state index in [0.29, 0.717) is 13.2 Å². The number of hydrogen-bond acceptors (Lipinski definition) is 3. The minimum absolute atomic E-state index is 0.236. The van der Waals surface area contributed by atoms with Crippen molar-refractivity contribution in [2.75, 3.05) is 11.9 Å². The summed E-state index contributed by atoms with van der Waals surface area (Å²) >= 11 is 0. The van der Waals surface area contributed by atoms with Crippen LogP contribution in [0, 0.1) is 5.82 Å². The molecule has 0 atom stereocenters. The number of halogens is 1. The van der Waals surface area contributed by atoms with E-state index in [2.05, 4.69) is 10.3 Å². The van der Waals surface area contributed by atoms with Crippen molar-refractivity contribution in [1.29, 1.82) is 0 Å². The zero-order valence-electron chi connectivity index (χ0n) is 10.2. The van der Waals surface area contributed by atoms with Gasteiger partial charge >= 0.3 is 0 Å². The first kappa shape index (κ1) is 12.4. The Balaban J connectivity index is 1.97. The average Bonchev–Trinajstić information content (AvgIpc) is 2.39. The molecular weight excluding hydrogens is 231 g/mol. The maximum atomic E-state index is 12.7. The molecule has 2 rings (SSSR count). The summed E-state index contributed by atoms with van der Waals surface area (Å²) in [5.41, 5.74) is 1.89. The number of hydrogen-bond donors (Lipinski definition) is 1. The van der Waals surface area contributed by atoms with Crippen LogP contribution < -0.4 is 10.1 Å². The molecule has 0 saturated heterocycles. The van der Waals surface area contributed by atoms with Crippen molar-refractivity contribution in [3.8, 4) is 5.75 Å². The van der Waals surface area contributed by atoms with Crippen LogP contribution in [0.2, 0.25) is 0 Å². The summed E-state index contributed by atoms with van der Waals surface area (Å²) in [7, 11) is 0. The van der Waals surface area contributed by atoms with Crippen molar-refractivity contribution >= 4 is 5.69 Å². The van der Waals surface area contributed by atoms with E-state index in [1.54, 1.807) is 24.5 Å². The lowest BCUT2D eigenvalue weighted by molar-refractivity contribution is 0.338. The lowest BCUT2D eigenvalue weighted by atomic mass is 10.2. The summed E-state index contributed by atoms with van der Waals surface area (Å²) in [6, 6.07) is 8.20. The molecule has 0 radical (unpaired) electrons.